The Morgan fingerprint density at radius 2 is 2.29 bits per heavy atom. The molecule has 1 aromatic carbocycles. The van der Waals surface area contributed by atoms with E-state index >= 15 is 0 Å². The van der Waals surface area contributed by atoms with Crippen LogP contribution in [0.2, 0.25) is 0 Å². The van der Waals surface area contributed by atoms with E-state index in [4.69, 9.17) is 5.73 Å². The molecule has 0 saturated carbocycles. The number of hydrogen-bond donors (Lipinski definition) is 2. The first-order valence-electron chi connectivity index (χ1n) is 5.90. The van der Waals surface area contributed by atoms with Gasteiger partial charge in [0.15, 0.2) is 0 Å². The van der Waals surface area contributed by atoms with Crippen molar-refractivity contribution in [2.45, 2.75) is 19.0 Å². The molecule has 1 amide bonds. The quantitative estimate of drug-likeness (QED) is 0.775. The monoisotopic (exact) mass is 233 g/mol. The van der Waals surface area contributed by atoms with Gasteiger partial charge in [-0.3, -0.25) is 9.69 Å². The Kier molecular flexibility index (Phi) is 3.45. The Bertz CT molecular complexity index is 431. The fourth-order valence-electron chi connectivity index (χ4n) is 2.33. The van der Waals surface area contributed by atoms with Crippen LogP contribution < -0.4 is 11.1 Å². The Balaban J connectivity index is 2.29. The summed E-state index contributed by atoms with van der Waals surface area (Å²) >= 11 is 0. The van der Waals surface area contributed by atoms with Gasteiger partial charge in [0.25, 0.3) is 5.91 Å². The predicted octanol–water partition coefficient (Wildman–Crippen LogP) is 0.361. The molecule has 92 valence electrons. The van der Waals surface area contributed by atoms with Gasteiger partial charge in [0, 0.05) is 31.7 Å². The molecule has 1 heterocycles. The van der Waals surface area contributed by atoms with Crippen molar-refractivity contribution in [1.29, 1.82) is 0 Å². The summed E-state index contributed by atoms with van der Waals surface area (Å²) in [5.74, 6) is -0.0311. The maximum absolute atomic E-state index is 11.6. The highest BCUT2D eigenvalue weighted by molar-refractivity contribution is 5.94. The van der Waals surface area contributed by atoms with Crippen LogP contribution in [0.4, 0.5) is 0 Å². The topological polar surface area (TPSA) is 58.4 Å². The van der Waals surface area contributed by atoms with Gasteiger partial charge in [-0.15, -0.1) is 0 Å². The van der Waals surface area contributed by atoms with Crippen LogP contribution in [0.5, 0.6) is 0 Å². The summed E-state index contributed by atoms with van der Waals surface area (Å²) in [7, 11) is 3.73. The van der Waals surface area contributed by atoms with Gasteiger partial charge in [-0.1, -0.05) is 6.07 Å². The molecule has 0 fully saturated rings. The summed E-state index contributed by atoms with van der Waals surface area (Å²) in [5, 5.41) is 2.65. The van der Waals surface area contributed by atoms with E-state index in [1.54, 1.807) is 7.05 Å². The number of fused-ring (bicyclic) bond motifs is 1. The molecular weight excluding hydrogens is 214 g/mol. The predicted molar refractivity (Wildman–Crippen MR) is 67.8 cm³/mol. The lowest BCUT2D eigenvalue weighted by atomic mass is 9.93. The standard InChI is InChI=1S/C13H19N3O/c1-15-13(17)10-4-3-9-6-12(7-14)16(2)8-11(9)5-10/h3-5,12H,6-8,14H2,1-2H3,(H,15,17)/t12-/m0/s1. The van der Waals surface area contributed by atoms with Crippen molar-refractivity contribution in [3.8, 4) is 0 Å². The summed E-state index contributed by atoms with van der Waals surface area (Å²) in [6, 6.07) is 6.33. The van der Waals surface area contributed by atoms with Gasteiger partial charge in [0.1, 0.15) is 0 Å². The Hall–Kier alpha value is -1.39. The lowest BCUT2D eigenvalue weighted by molar-refractivity contribution is 0.0962. The van der Waals surface area contributed by atoms with Crippen LogP contribution in [0.1, 0.15) is 21.5 Å². The molecule has 1 aliphatic heterocycles. The second-order valence-corrected chi connectivity index (χ2v) is 4.57. The lowest BCUT2D eigenvalue weighted by Gasteiger charge is -2.33. The van der Waals surface area contributed by atoms with Crippen LogP contribution in [-0.4, -0.2) is 37.5 Å². The fourth-order valence-corrected chi connectivity index (χ4v) is 2.33. The Morgan fingerprint density at radius 1 is 1.53 bits per heavy atom. The SMILES string of the molecule is CNC(=O)c1ccc2c(c1)CN(C)[C@H](CN)C2. The average Bonchev–Trinajstić information content (AvgIpc) is 2.36. The lowest BCUT2D eigenvalue weighted by Crippen LogP contribution is -2.42. The summed E-state index contributed by atoms with van der Waals surface area (Å²) < 4.78 is 0. The van der Waals surface area contributed by atoms with Gasteiger partial charge in [0.05, 0.1) is 0 Å². The Labute approximate surface area is 102 Å². The highest BCUT2D eigenvalue weighted by Crippen LogP contribution is 2.22. The molecule has 0 unspecified atom stereocenters. The number of amides is 1. The molecule has 1 atom stereocenters. The van der Waals surface area contributed by atoms with Crippen molar-refractivity contribution in [3.05, 3.63) is 34.9 Å². The molecule has 2 rings (SSSR count). The van der Waals surface area contributed by atoms with E-state index in [2.05, 4.69) is 23.3 Å². The molecule has 0 bridgehead atoms. The Morgan fingerprint density at radius 3 is 2.94 bits per heavy atom. The van der Waals surface area contributed by atoms with Crippen LogP contribution in [0.15, 0.2) is 18.2 Å². The van der Waals surface area contributed by atoms with E-state index in [1.165, 1.54) is 11.1 Å². The summed E-state index contributed by atoms with van der Waals surface area (Å²) in [6.45, 7) is 1.54. The average molecular weight is 233 g/mol. The normalized spacial score (nSPS) is 19.8. The van der Waals surface area contributed by atoms with Crippen molar-refractivity contribution >= 4 is 5.91 Å². The zero-order chi connectivity index (χ0) is 12.4. The number of carbonyl (C=O) groups is 1. The van der Waals surface area contributed by atoms with E-state index < -0.39 is 0 Å². The van der Waals surface area contributed by atoms with Crippen LogP contribution in [-0.2, 0) is 13.0 Å². The van der Waals surface area contributed by atoms with Crippen LogP contribution >= 0.6 is 0 Å². The summed E-state index contributed by atoms with van der Waals surface area (Å²) in [5.41, 5.74) is 9.02. The van der Waals surface area contributed by atoms with E-state index in [0.29, 0.717) is 12.6 Å². The van der Waals surface area contributed by atoms with Crippen LogP contribution in [0, 0.1) is 0 Å². The molecular formula is C13H19N3O. The molecule has 0 aliphatic carbocycles. The van der Waals surface area contributed by atoms with Crippen LogP contribution in [0.25, 0.3) is 0 Å². The number of benzene rings is 1. The molecule has 0 spiro atoms. The second kappa shape index (κ2) is 4.85. The maximum atomic E-state index is 11.6. The second-order valence-electron chi connectivity index (χ2n) is 4.57. The number of nitrogens with two attached hydrogens (primary N) is 1. The third-order valence-electron chi connectivity index (χ3n) is 3.47. The highest BCUT2D eigenvalue weighted by atomic mass is 16.1. The highest BCUT2D eigenvalue weighted by Gasteiger charge is 2.22. The molecule has 0 radical (unpaired) electrons. The molecule has 0 aromatic heterocycles. The molecule has 3 N–H and O–H groups in total. The minimum Gasteiger partial charge on any atom is -0.355 e. The van der Waals surface area contributed by atoms with Gasteiger partial charge in [0.2, 0.25) is 0 Å². The molecule has 4 heteroatoms. The molecule has 4 nitrogen and oxygen atoms in total. The number of rotatable bonds is 2. The first-order valence-corrected chi connectivity index (χ1v) is 5.90. The van der Waals surface area contributed by atoms with Crippen molar-refractivity contribution in [3.63, 3.8) is 0 Å². The summed E-state index contributed by atoms with van der Waals surface area (Å²) in [6.07, 6.45) is 0.969. The number of likely N-dealkylation sites (N-methyl/N-ethyl adjacent to an activating group) is 1. The minimum atomic E-state index is -0.0311. The molecule has 1 aromatic rings. The van der Waals surface area contributed by atoms with Crippen LogP contribution in [0.3, 0.4) is 0 Å². The zero-order valence-electron chi connectivity index (χ0n) is 10.4. The first kappa shape index (κ1) is 12.1. The third-order valence-corrected chi connectivity index (χ3v) is 3.47. The van der Waals surface area contributed by atoms with E-state index in [9.17, 15) is 4.79 Å². The van der Waals surface area contributed by atoms with Gasteiger partial charge in [-0.05, 0) is 36.7 Å². The number of hydrogen-bond acceptors (Lipinski definition) is 3. The van der Waals surface area contributed by atoms with E-state index in [-0.39, 0.29) is 5.91 Å². The zero-order valence-corrected chi connectivity index (χ0v) is 10.4. The van der Waals surface area contributed by atoms with E-state index in [1.807, 2.05) is 12.1 Å². The molecule has 17 heavy (non-hydrogen) atoms. The van der Waals surface area contributed by atoms with Gasteiger partial charge in [-0.2, -0.15) is 0 Å². The molecule has 1 aliphatic rings. The first-order chi connectivity index (χ1) is 8.15. The minimum absolute atomic E-state index is 0.0311. The number of nitrogens with zero attached hydrogens (tertiary/aromatic N) is 1. The van der Waals surface area contributed by atoms with Crippen molar-refractivity contribution in [2.75, 3.05) is 20.6 Å². The van der Waals surface area contributed by atoms with Crippen molar-refractivity contribution in [1.82, 2.24) is 10.2 Å². The van der Waals surface area contributed by atoms with Gasteiger partial charge in [-0.25, -0.2) is 0 Å². The number of nitrogens with one attached hydrogen (secondary N) is 1. The fraction of sp³-hybridized carbons (Fsp3) is 0.462. The smallest absolute Gasteiger partial charge is 0.251 e. The molecule has 0 saturated heterocycles. The third kappa shape index (κ3) is 2.33. The number of carbonyl (C=O) groups excluding carboxylic acids is 1. The van der Waals surface area contributed by atoms with Gasteiger partial charge < -0.3 is 11.1 Å². The largest absolute Gasteiger partial charge is 0.355 e. The van der Waals surface area contributed by atoms with E-state index in [0.717, 1.165) is 18.5 Å². The summed E-state index contributed by atoms with van der Waals surface area (Å²) in [4.78, 5) is 13.8. The van der Waals surface area contributed by atoms with Crippen molar-refractivity contribution in [2.24, 2.45) is 5.73 Å². The van der Waals surface area contributed by atoms with Crippen molar-refractivity contribution < 1.29 is 4.79 Å². The van der Waals surface area contributed by atoms with Gasteiger partial charge >= 0.3 is 0 Å². The maximum Gasteiger partial charge on any atom is 0.251 e.